The Bertz CT molecular complexity index is 478. The predicted octanol–water partition coefficient (Wildman–Crippen LogP) is 4.62. The SMILES string of the molecule is CC(C)[C@H]1CC[C@H]2/C(=C/C=C3CC(O)CC(O)C3)CCC[C@]12C. The van der Waals surface area contributed by atoms with Crippen LogP contribution >= 0.6 is 0 Å². The van der Waals surface area contributed by atoms with Gasteiger partial charge in [0.25, 0.3) is 0 Å². The summed E-state index contributed by atoms with van der Waals surface area (Å²) in [6.07, 6.45) is 12.5. The lowest BCUT2D eigenvalue weighted by molar-refractivity contribution is 0.0609. The van der Waals surface area contributed by atoms with Gasteiger partial charge in [0.2, 0.25) is 0 Å². The third kappa shape index (κ3) is 3.44. The quantitative estimate of drug-likeness (QED) is 0.780. The van der Waals surface area contributed by atoms with Crippen LogP contribution in [0.3, 0.4) is 0 Å². The maximum atomic E-state index is 9.85. The third-order valence-electron chi connectivity index (χ3n) is 6.92. The number of hydrogen-bond acceptors (Lipinski definition) is 2. The van der Waals surface area contributed by atoms with Crippen molar-refractivity contribution in [1.82, 2.24) is 0 Å². The van der Waals surface area contributed by atoms with E-state index in [4.69, 9.17) is 0 Å². The summed E-state index contributed by atoms with van der Waals surface area (Å²) >= 11 is 0. The topological polar surface area (TPSA) is 40.5 Å². The van der Waals surface area contributed by atoms with E-state index in [-0.39, 0.29) is 12.2 Å². The number of rotatable bonds is 2. The molecule has 2 N–H and O–H groups in total. The van der Waals surface area contributed by atoms with Gasteiger partial charge in [0.15, 0.2) is 0 Å². The summed E-state index contributed by atoms with van der Waals surface area (Å²) in [6.45, 7) is 7.32. The second kappa shape index (κ2) is 6.72. The minimum Gasteiger partial charge on any atom is -0.393 e. The summed E-state index contributed by atoms with van der Waals surface area (Å²) in [6, 6.07) is 0. The Labute approximate surface area is 141 Å². The first kappa shape index (κ1) is 17.2. The highest BCUT2D eigenvalue weighted by molar-refractivity contribution is 5.26. The van der Waals surface area contributed by atoms with E-state index < -0.39 is 0 Å². The molecule has 130 valence electrons. The van der Waals surface area contributed by atoms with Gasteiger partial charge < -0.3 is 10.2 Å². The van der Waals surface area contributed by atoms with E-state index in [0.29, 0.717) is 11.8 Å². The van der Waals surface area contributed by atoms with Gasteiger partial charge in [-0.3, -0.25) is 0 Å². The first-order valence-electron chi connectivity index (χ1n) is 9.64. The molecular formula is C21H34O2. The van der Waals surface area contributed by atoms with Crippen molar-refractivity contribution in [3.05, 3.63) is 23.3 Å². The zero-order valence-electron chi connectivity index (χ0n) is 15.1. The predicted molar refractivity (Wildman–Crippen MR) is 95.0 cm³/mol. The van der Waals surface area contributed by atoms with E-state index in [0.717, 1.165) is 30.6 Å². The maximum absolute atomic E-state index is 9.85. The highest BCUT2D eigenvalue weighted by Crippen LogP contribution is 2.59. The molecule has 5 atom stereocenters. The molecule has 2 unspecified atom stereocenters. The molecular weight excluding hydrogens is 284 g/mol. The lowest BCUT2D eigenvalue weighted by atomic mass is 9.61. The number of aliphatic hydroxyl groups excluding tert-OH is 2. The molecule has 3 rings (SSSR count). The molecule has 3 aliphatic rings. The summed E-state index contributed by atoms with van der Waals surface area (Å²) in [5, 5.41) is 19.7. The maximum Gasteiger partial charge on any atom is 0.0602 e. The van der Waals surface area contributed by atoms with E-state index in [2.05, 4.69) is 32.9 Å². The molecule has 0 aromatic heterocycles. The molecule has 0 aliphatic heterocycles. The summed E-state index contributed by atoms with van der Waals surface area (Å²) < 4.78 is 0. The van der Waals surface area contributed by atoms with Gasteiger partial charge >= 0.3 is 0 Å². The van der Waals surface area contributed by atoms with Crippen molar-refractivity contribution in [3.8, 4) is 0 Å². The van der Waals surface area contributed by atoms with Gasteiger partial charge in [-0.1, -0.05) is 44.1 Å². The molecule has 0 radical (unpaired) electrons. The van der Waals surface area contributed by atoms with Crippen LogP contribution in [0.5, 0.6) is 0 Å². The van der Waals surface area contributed by atoms with Gasteiger partial charge in [-0.15, -0.1) is 0 Å². The van der Waals surface area contributed by atoms with Gasteiger partial charge in [0.1, 0.15) is 0 Å². The smallest absolute Gasteiger partial charge is 0.0602 e. The molecule has 0 bridgehead atoms. The van der Waals surface area contributed by atoms with Crippen molar-refractivity contribution in [2.24, 2.45) is 23.2 Å². The van der Waals surface area contributed by atoms with Gasteiger partial charge in [-0.2, -0.15) is 0 Å². The van der Waals surface area contributed by atoms with E-state index in [1.165, 1.54) is 37.7 Å². The van der Waals surface area contributed by atoms with E-state index in [1.54, 1.807) is 5.57 Å². The van der Waals surface area contributed by atoms with Crippen LogP contribution in [0.1, 0.15) is 72.1 Å². The molecule has 0 spiro atoms. The Morgan fingerprint density at radius 2 is 1.78 bits per heavy atom. The lowest BCUT2D eigenvalue weighted by Crippen LogP contribution is -2.35. The van der Waals surface area contributed by atoms with E-state index in [9.17, 15) is 10.2 Å². The van der Waals surface area contributed by atoms with E-state index in [1.807, 2.05) is 0 Å². The number of hydrogen-bond donors (Lipinski definition) is 2. The fraction of sp³-hybridized carbons (Fsp3) is 0.810. The second-order valence-corrected chi connectivity index (χ2v) is 8.86. The van der Waals surface area contributed by atoms with Gasteiger partial charge in [-0.25, -0.2) is 0 Å². The molecule has 3 fully saturated rings. The Hall–Kier alpha value is -0.600. The molecule has 0 amide bonds. The highest BCUT2D eigenvalue weighted by Gasteiger charge is 2.49. The number of aliphatic hydroxyl groups is 2. The van der Waals surface area contributed by atoms with E-state index >= 15 is 0 Å². The lowest BCUT2D eigenvalue weighted by Gasteiger charge is -2.43. The van der Waals surface area contributed by atoms with Crippen LogP contribution in [0.4, 0.5) is 0 Å². The van der Waals surface area contributed by atoms with Crippen molar-refractivity contribution < 1.29 is 10.2 Å². The first-order chi connectivity index (χ1) is 10.9. The van der Waals surface area contributed by atoms with Crippen LogP contribution in [-0.4, -0.2) is 22.4 Å². The van der Waals surface area contributed by atoms with Crippen LogP contribution in [0.15, 0.2) is 23.3 Å². The van der Waals surface area contributed by atoms with Crippen LogP contribution in [-0.2, 0) is 0 Å². The number of fused-ring (bicyclic) bond motifs is 1. The summed E-state index contributed by atoms with van der Waals surface area (Å²) in [4.78, 5) is 0. The van der Waals surface area contributed by atoms with Gasteiger partial charge in [-0.05, 0) is 74.5 Å². The second-order valence-electron chi connectivity index (χ2n) is 8.86. The van der Waals surface area contributed by atoms with Crippen molar-refractivity contribution in [2.75, 3.05) is 0 Å². The van der Waals surface area contributed by atoms with Crippen molar-refractivity contribution >= 4 is 0 Å². The Morgan fingerprint density at radius 3 is 2.43 bits per heavy atom. The molecule has 3 aliphatic carbocycles. The van der Waals surface area contributed by atoms with Crippen molar-refractivity contribution in [2.45, 2.75) is 84.3 Å². The Balaban J connectivity index is 1.78. The third-order valence-corrected chi connectivity index (χ3v) is 6.92. The monoisotopic (exact) mass is 318 g/mol. The zero-order valence-corrected chi connectivity index (χ0v) is 15.1. The van der Waals surface area contributed by atoms with Crippen molar-refractivity contribution in [1.29, 1.82) is 0 Å². The summed E-state index contributed by atoms with van der Waals surface area (Å²) in [5.41, 5.74) is 3.33. The minimum atomic E-state index is -0.364. The van der Waals surface area contributed by atoms with Crippen LogP contribution < -0.4 is 0 Å². The fourth-order valence-corrected chi connectivity index (χ4v) is 5.90. The van der Waals surface area contributed by atoms with Crippen LogP contribution in [0.2, 0.25) is 0 Å². The minimum absolute atomic E-state index is 0.364. The molecule has 2 nitrogen and oxygen atoms in total. The van der Waals surface area contributed by atoms with Gasteiger partial charge in [0, 0.05) is 0 Å². The molecule has 0 heterocycles. The van der Waals surface area contributed by atoms with Crippen LogP contribution in [0.25, 0.3) is 0 Å². The van der Waals surface area contributed by atoms with Crippen LogP contribution in [0, 0.1) is 23.2 Å². The standard InChI is InChI=1S/C21H34O2/c1-14(2)19-8-9-20-16(5-4-10-21(19,20)3)7-6-15-11-17(22)13-18(23)12-15/h6-7,14,17-20,22-23H,4-5,8-13H2,1-3H3/b15-6?,16-7+/t17?,18?,19-,20+,21-/m1/s1. The Kier molecular flexibility index (Phi) is 5.04. The molecule has 0 aromatic carbocycles. The van der Waals surface area contributed by atoms with Gasteiger partial charge in [0.05, 0.1) is 12.2 Å². The first-order valence-corrected chi connectivity index (χ1v) is 9.64. The zero-order chi connectivity index (χ0) is 16.6. The highest BCUT2D eigenvalue weighted by atomic mass is 16.3. The summed E-state index contributed by atoms with van der Waals surface area (Å²) in [5.74, 6) is 2.40. The average molecular weight is 319 g/mol. The molecule has 23 heavy (non-hydrogen) atoms. The average Bonchev–Trinajstić information content (AvgIpc) is 2.81. The largest absolute Gasteiger partial charge is 0.393 e. The summed E-state index contributed by atoms with van der Waals surface area (Å²) in [7, 11) is 0. The molecule has 3 saturated carbocycles. The molecule has 0 saturated heterocycles. The molecule has 2 heteroatoms. The molecule has 0 aromatic rings. The normalized spacial score (nSPS) is 43.0. The fourth-order valence-electron chi connectivity index (χ4n) is 5.90. The Morgan fingerprint density at radius 1 is 1.09 bits per heavy atom. The number of allylic oxidation sites excluding steroid dienone is 3. The van der Waals surface area contributed by atoms with Crippen molar-refractivity contribution in [3.63, 3.8) is 0 Å².